The quantitative estimate of drug-likeness (QED) is 0.731. The second-order valence-electron chi connectivity index (χ2n) is 5.61. The third-order valence-corrected chi connectivity index (χ3v) is 4.02. The van der Waals surface area contributed by atoms with Crippen molar-refractivity contribution in [2.75, 3.05) is 13.2 Å². The monoisotopic (exact) mass is 342 g/mol. The highest BCUT2D eigenvalue weighted by Gasteiger charge is 2.17. The molecule has 2 heterocycles. The number of benzene rings is 2. The van der Waals surface area contributed by atoms with Gasteiger partial charge in [-0.15, -0.1) is 10.2 Å². The number of rotatable bonds is 3. The van der Waals surface area contributed by atoms with Gasteiger partial charge in [-0.05, 0) is 29.8 Å². The summed E-state index contributed by atoms with van der Waals surface area (Å²) in [6, 6.07) is 11.8. The summed E-state index contributed by atoms with van der Waals surface area (Å²) in [5, 5.41) is 13.2. The van der Waals surface area contributed by atoms with Crippen LogP contribution in [0.5, 0.6) is 11.5 Å². The predicted molar refractivity (Wildman–Crippen MR) is 89.5 cm³/mol. The molecule has 1 aliphatic heterocycles. The molecule has 0 fully saturated rings. The molecule has 4 rings (SSSR count). The summed E-state index contributed by atoms with van der Waals surface area (Å²) < 4.78 is 11.1. The van der Waals surface area contributed by atoms with E-state index in [1.54, 1.807) is 0 Å². The Morgan fingerprint density at radius 1 is 1.12 bits per heavy atom. The predicted octanol–water partition coefficient (Wildman–Crippen LogP) is 3.12. The van der Waals surface area contributed by atoms with Gasteiger partial charge in [-0.3, -0.25) is 0 Å². The molecule has 6 nitrogen and oxygen atoms in total. The normalized spacial score (nSPS) is 13.1. The average Bonchev–Trinajstić information content (AvgIpc) is 3.04. The van der Waals surface area contributed by atoms with Crippen LogP contribution < -0.4 is 9.47 Å². The second kappa shape index (κ2) is 6.13. The van der Waals surface area contributed by atoms with Crippen molar-refractivity contribution < 1.29 is 9.47 Å². The highest BCUT2D eigenvalue weighted by atomic mass is 35.5. The SMILES string of the molecule is Cc1ccc(-c2nnn(Cc3cc(Cl)c4c(c3)OCCO4)n2)cc1. The van der Waals surface area contributed by atoms with Gasteiger partial charge < -0.3 is 9.47 Å². The lowest BCUT2D eigenvalue weighted by molar-refractivity contribution is 0.171. The third-order valence-electron chi connectivity index (χ3n) is 3.74. The van der Waals surface area contributed by atoms with E-state index in [9.17, 15) is 0 Å². The van der Waals surface area contributed by atoms with Gasteiger partial charge in [0.2, 0.25) is 5.82 Å². The molecule has 2 aromatic carbocycles. The van der Waals surface area contributed by atoms with Crippen LogP contribution in [-0.2, 0) is 6.54 Å². The molecule has 0 radical (unpaired) electrons. The highest BCUT2D eigenvalue weighted by Crippen LogP contribution is 2.38. The molecule has 0 aliphatic carbocycles. The van der Waals surface area contributed by atoms with Gasteiger partial charge in [0.15, 0.2) is 11.5 Å². The molecule has 7 heteroatoms. The van der Waals surface area contributed by atoms with Crippen LogP contribution in [-0.4, -0.2) is 33.4 Å². The Bertz CT molecular complexity index is 877. The zero-order valence-electron chi connectivity index (χ0n) is 13.1. The molecule has 0 amide bonds. The van der Waals surface area contributed by atoms with Crippen LogP contribution in [0.2, 0.25) is 5.02 Å². The number of ether oxygens (including phenoxy) is 2. The Labute approximate surface area is 144 Å². The number of aryl methyl sites for hydroxylation is 1. The maximum Gasteiger partial charge on any atom is 0.204 e. The van der Waals surface area contributed by atoms with Crippen molar-refractivity contribution in [3.8, 4) is 22.9 Å². The number of halogens is 1. The Kier molecular flexibility index (Phi) is 3.82. The number of aromatic nitrogens is 4. The van der Waals surface area contributed by atoms with E-state index in [1.165, 1.54) is 10.4 Å². The van der Waals surface area contributed by atoms with Gasteiger partial charge >= 0.3 is 0 Å². The molecular weight excluding hydrogens is 328 g/mol. The Hall–Kier alpha value is -2.60. The number of fused-ring (bicyclic) bond motifs is 1. The van der Waals surface area contributed by atoms with Crippen molar-refractivity contribution in [2.24, 2.45) is 0 Å². The van der Waals surface area contributed by atoms with E-state index in [1.807, 2.05) is 43.3 Å². The summed E-state index contributed by atoms with van der Waals surface area (Å²) >= 11 is 6.26. The maximum atomic E-state index is 6.26. The van der Waals surface area contributed by atoms with Gasteiger partial charge in [-0.2, -0.15) is 4.80 Å². The van der Waals surface area contributed by atoms with Gasteiger partial charge in [0.25, 0.3) is 0 Å². The minimum Gasteiger partial charge on any atom is -0.486 e. The highest BCUT2D eigenvalue weighted by molar-refractivity contribution is 6.32. The Morgan fingerprint density at radius 2 is 1.92 bits per heavy atom. The van der Waals surface area contributed by atoms with Crippen LogP contribution in [0.3, 0.4) is 0 Å². The lowest BCUT2D eigenvalue weighted by atomic mass is 10.1. The summed E-state index contributed by atoms with van der Waals surface area (Å²) in [5.74, 6) is 1.85. The van der Waals surface area contributed by atoms with Crippen LogP contribution >= 0.6 is 11.6 Å². The maximum absolute atomic E-state index is 6.26. The lowest BCUT2D eigenvalue weighted by Gasteiger charge is -2.20. The Balaban J connectivity index is 1.58. The fourth-order valence-electron chi connectivity index (χ4n) is 2.55. The number of tetrazole rings is 1. The molecule has 24 heavy (non-hydrogen) atoms. The van der Waals surface area contributed by atoms with E-state index in [0.717, 1.165) is 11.1 Å². The average molecular weight is 343 g/mol. The first-order chi connectivity index (χ1) is 11.7. The topological polar surface area (TPSA) is 62.1 Å². The molecule has 0 saturated carbocycles. The van der Waals surface area contributed by atoms with Crippen molar-refractivity contribution in [1.82, 2.24) is 20.2 Å². The largest absolute Gasteiger partial charge is 0.486 e. The van der Waals surface area contributed by atoms with Crippen molar-refractivity contribution >= 4 is 11.6 Å². The molecule has 1 aromatic heterocycles. The minimum atomic E-state index is 0.454. The standard InChI is InChI=1S/C17H15ClN4O2/c1-11-2-4-13(5-3-11)17-19-21-22(20-17)10-12-8-14(18)16-15(9-12)23-6-7-24-16/h2-5,8-9H,6-7,10H2,1H3. The minimum absolute atomic E-state index is 0.454. The third kappa shape index (κ3) is 2.92. The lowest BCUT2D eigenvalue weighted by Crippen LogP contribution is -2.16. The fraction of sp³-hybridized carbons (Fsp3) is 0.235. The van der Waals surface area contributed by atoms with E-state index in [2.05, 4.69) is 15.4 Å². The van der Waals surface area contributed by atoms with E-state index in [-0.39, 0.29) is 0 Å². The van der Waals surface area contributed by atoms with Crippen LogP contribution in [0.25, 0.3) is 11.4 Å². The first kappa shape index (κ1) is 15.0. The molecule has 0 bridgehead atoms. The smallest absolute Gasteiger partial charge is 0.204 e. The van der Waals surface area contributed by atoms with E-state index >= 15 is 0 Å². The molecule has 122 valence electrons. The van der Waals surface area contributed by atoms with Crippen molar-refractivity contribution in [2.45, 2.75) is 13.5 Å². The van der Waals surface area contributed by atoms with Crippen molar-refractivity contribution in [1.29, 1.82) is 0 Å². The number of hydrogen-bond acceptors (Lipinski definition) is 5. The Morgan fingerprint density at radius 3 is 2.75 bits per heavy atom. The van der Waals surface area contributed by atoms with E-state index < -0.39 is 0 Å². The molecule has 0 atom stereocenters. The van der Waals surface area contributed by atoms with Crippen molar-refractivity contribution in [3.05, 3.63) is 52.5 Å². The van der Waals surface area contributed by atoms with E-state index in [4.69, 9.17) is 21.1 Å². The molecule has 1 aliphatic rings. The molecule has 0 N–H and O–H groups in total. The van der Waals surface area contributed by atoms with Gasteiger partial charge in [0.1, 0.15) is 13.2 Å². The zero-order chi connectivity index (χ0) is 16.5. The summed E-state index contributed by atoms with van der Waals surface area (Å²) in [6.45, 7) is 3.53. The number of hydrogen-bond donors (Lipinski definition) is 0. The molecule has 3 aromatic rings. The van der Waals surface area contributed by atoms with Gasteiger partial charge in [-0.1, -0.05) is 41.4 Å². The van der Waals surface area contributed by atoms with Crippen molar-refractivity contribution in [3.63, 3.8) is 0 Å². The van der Waals surface area contributed by atoms with Gasteiger partial charge in [0.05, 0.1) is 11.6 Å². The molecule has 0 spiro atoms. The summed E-state index contributed by atoms with van der Waals surface area (Å²) in [6.07, 6.45) is 0. The first-order valence-corrected chi connectivity index (χ1v) is 8.00. The van der Waals surface area contributed by atoms with Crippen LogP contribution in [0.1, 0.15) is 11.1 Å². The first-order valence-electron chi connectivity index (χ1n) is 7.62. The zero-order valence-corrected chi connectivity index (χ0v) is 13.8. The van der Waals surface area contributed by atoms with E-state index in [0.29, 0.717) is 42.1 Å². The second-order valence-corrected chi connectivity index (χ2v) is 6.02. The summed E-state index contributed by atoms with van der Waals surface area (Å²) in [4.78, 5) is 1.54. The van der Waals surface area contributed by atoms with Gasteiger partial charge in [-0.25, -0.2) is 0 Å². The number of nitrogens with zero attached hydrogens (tertiary/aromatic N) is 4. The van der Waals surface area contributed by atoms with Crippen LogP contribution in [0.4, 0.5) is 0 Å². The summed E-state index contributed by atoms with van der Waals surface area (Å²) in [5.41, 5.74) is 3.06. The fourth-order valence-corrected chi connectivity index (χ4v) is 2.84. The molecule has 0 saturated heterocycles. The van der Waals surface area contributed by atoms with Gasteiger partial charge in [0, 0.05) is 5.56 Å². The molecular formula is C17H15ClN4O2. The molecule has 0 unspecified atom stereocenters. The van der Waals surface area contributed by atoms with Crippen LogP contribution in [0.15, 0.2) is 36.4 Å². The summed E-state index contributed by atoms with van der Waals surface area (Å²) in [7, 11) is 0. The van der Waals surface area contributed by atoms with Crippen LogP contribution in [0, 0.1) is 6.92 Å².